The third-order valence-corrected chi connectivity index (χ3v) is 6.62. The Morgan fingerprint density at radius 3 is 2.18 bits per heavy atom. The molecule has 2 rings (SSSR count). The monoisotopic (exact) mass is 402 g/mol. The summed E-state index contributed by atoms with van der Waals surface area (Å²) in [6.07, 6.45) is 1.95. The first kappa shape index (κ1) is 22.1. The molecule has 0 radical (unpaired) electrons. The summed E-state index contributed by atoms with van der Waals surface area (Å²) >= 11 is 0. The molecule has 1 atom stereocenters. The zero-order chi connectivity index (χ0) is 20.7. The second kappa shape index (κ2) is 9.85. The van der Waals surface area contributed by atoms with E-state index in [0.717, 1.165) is 24.0 Å². The predicted octanol–water partition coefficient (Wildman–Crippen LogP) is 4.12. The van der Waals surface area contributed by atoms with E-state index in [9.17, 15) is 13.2 Å². The molecule has 0 saturated carbocycles. The van der Waals surface area contributed by atoms with E-state index in [0.29, 0.717) is 17.0 Å². The lowest BCUT2D eigenvalue weighted by atomic mass is 10.1. The minimum atomic E-state index is -3.56. The quantitative estimate of drug-likeness (QED) is 0.686. The van der Waals surface area contributed by atoms with Crippen LogP contribution in [0.4, 0.5) is 0 Å². The van der Waals surface area contributed by atoms with Crippen LogP contribution in [0.15, 0.2) is 53.4 Å². The second-order valence-electron chi connectivity index (χ2n) is 7.10. The Labute approximate surface area is 168 Å². The molecular weight excluding hydrogens is 372 g/mol. The maximum absolute atomic E-state index is 12.9. The van der Waals surface area contributed by atoms with E-state index < -0.39 is 10.0 Å². The molecule has 5 nitrogen and oxygen atoms in total. The molecule has 1 N–H and O–H groups in total. The van der Waals surface area contributed by atoms with Crippen LogP contribution < -0.4 is 5.32 Å². The fourth-order valence-electron chi connectivity index (χ4n) is 3.00. The average molecular weight is 403 g/mol. The fraction of sp³-hybridized carbons (Fsp3) is 0.409. The highest BCUT2D eigenvalue weighted by Gasteiger charge is 2.23. The van der Waals surface area contributed by atoms with Crippen LogP contribution in [0.2, 0.25) is 0 Å². The Morgan fingerprint density at radius 1 is 1.04 bits per heavy atom. The van der Waals surface area contributed by atoms with E-state index in [-0.39, 0.29) is 18.5 Å². The second-order valence-corrected chi connectivity index (χ2v) is 9.04. The van der Waals surface area contributed by atoms with Crippen molar-refractivity contribution in [2.45, 2.75) is 58.0 Å². The Balaban J connectivity index is 2.11. The van der Waals surface area contributed by atoms with Crippen LogP contribution >= 0.6 is 0 Å². The minimum Gasteiger partial charge on any atom is -0.350 e. The summed E-state index contributed by atoms with van der Waals surface area (Å²) < 4.78 is 27.2. The molecule has 152 valence electrons. The SMILES string of the molecule is CCCC(C)NC(=O)c1ccc(CN(CC)S(=O)(=O)c2ccc(C)cc2)cc1. The number of sulfonamides is 1. The number of aryl methyl sites for hydroxylation is 1. The Hall–Kier alpha value is -2.18. The van der Waals surface area contributed by atoms with Gasteiger partial charge >= 0.3 is 0 Å². The van der Waals surface area contributed by atoms with E-state index in [2.05, 4.69) is 12.2 Å². The van der Waals surface area contributed by atoms with Gasteiger partial charge in [0.15, 0.2) is 0 Å². The highest BCUT2D eigenvalue weighted by Crippen LogP contribution is 2.19. The number of hydrogen-bond donors (Lipinski definition) is 1. The smallest absolute Gasteiger partial charge is 0.251 e. The van der Waals surface area contributed by atoms with E-state index in [1.807, 2.05) is 32.9 Å². The molecule has 2 aromatic rings. The predicted molar refractivity (Wildman–Crippen MR) is 113 cm³/mol. The lowest BCUT2D eigenvalue weighted by Crippen LogP contribution is -2.32. The van der Waals surface area contributed by atoms with Gasteiger partial charge in [0.2, 0.25) is 10.0 Å². The van der Waals surface area contributed by atoms with Crippen LogP contribution in [0.3, 0.4) is 0 Å². The van der Waals surface area contributed by atoms with Gasteiger partial charge in [-0.1, -0.05) is 50.1 Å². The van der Waals surface area contributed by atoms with Crippen molar-refractivity contribution in [1.29, 1.82) is 0 Å². The van der Waals surface area contributed by atoms with Gasteiger partial charge in [0.25, 0.3) is 5.91 Å². The molecule has 0 spiro atoms. The first-order chi connectivity index (χ1) is 13.3. The third-order valence-electron chi connectivity index (χ3n) is 4.69. The van der Waals surface area contributed by atoms with Gasteiger partial charge in [0, 0.05) is 24.7 Å². The van der Waals surface area contributed by atoms with Crippen LogP contribution in [0, 0.1) is 6.92 Å². The highest BCUT2D eigenvalue weighted by atomic mass is 32.2. The molecule has 6 heteroatoms. The molecule has 0 heterocycles. The van der Waals surface area contributed by atoms with Gasteiger partial charge in [-0.05, 0) is 50.1 Å². The summed E-state index contributed by atoms with van der Waals surface area (Å²) in [5, 5.41) is 2.97. The molecule has 0 aliphatic rings. The van der Waals surface area contributed by atoms with E-state index in [4.69, 9.17) is 0 Å². The van der Waals surface area contributed by atoms with Crippen molar-refractivity contribution >= 4 is 15.9 Å². The van der Waals surface area contributed by atoms with E-state index >= 15 is 0 Å². The van der Waals surface area contributed by atoms with Crippen LogP contribution in [0.25, 0.3) is 0 Å². The van der Waals surface area contributed by atoms with Crippen molar-refractivity contribution in [3.05, 3.63) is 65.2 Å². The summed E-state index contributed by atoms with van der Waals surface area (Å²) in [6.45, 7) is 8.46. The molecule has 0 aliphatic heterocycles. The molecular formula is C22H30N2O3S. The summed E-state index contributed by atoms with van der Waals surface area (Å²) in [4.78, 5) is 12.6. The zero-order valence-corrected chi connectivity index (χ0v) is 17.9. The molecule has 28 heavy (non-hydrogen) atoms. The van der Waals surface area contributed by atoms with Crippen molar-refractivity contribution in [3.63, 3.8) is 0 Å². The van der Waals surface area contributed by atoms with Crippen molar-refractivity contribution < 1.29 is 13.2 Å². The standard InChI is InChI=1S/C22H30N2O3S/c1-5-7-18(4)23-22(25)20-12-10-19(11-13-20)16-24(6-2)28(26,27)21-14-8-17(3)9-15-21/h8-15,18H,5-7,16H2,1-4H3,(H,23,25). The molecule has 0 saturated heterocycles. The van der Waals surface area contributed by atoms with Gasteiger partial charge in [-0.25, -0.2) is 8.42 Å². The maximum Gasteiger partial charge on any atom is 0.251 e. The van der Waals surface area contributed by atoms with Gasteiger partial charge in [0.1, 0.15) is 0 Å². The number of carbonyl (C=O) groups excluding carboxylic acids is 1. The number of amides is 1. The third kappa shape index (κ3) is 5.66. The zero-order valence-electron chi connectivity index (χ0n) is 17.1. The van der Waals surface area contributed by atoms with Crippen molar-refractivity contribution in [3.8, 4) is 0 Å². The molecule has 0 fully saturated rings. The van der Waals surface area contributed by atoms with Gasteiger partial charge in [0.05, 0.1) is 4.90 Å². The molecule has 0 aliphatic carbocycles. The summed E-state index contributed by atoms with van der Waals surface area (Å²) in [5.41, 5.74) is 2.44. The van der Waals surface area contributed by atoms with Gasteiger partial charge in [-0.15, -0.1) is 0 Å². The van der Waals surface area contributed by atoms with E-state index in [1.54, 1.807) is 36.4 Å². The Bertz CT molecular complexity index is 875. The number of benzene rings is 2. The lowest BCUT2D eigenvalue weighted by molar-refractivity contribution is 0.0938. The fourth-order valence-corrected chi connectivity index (χ4v) is 4.44. The number of nitrogens with one attached hydrogen (secondary N) is 1. The lowest BCUT2D eigenvalue weighted by Gasteiger charge is -2.21. The number of rotatable bonds is 9. The van der Waals surface area contributed by atoms with Crippen LogP contribution in [-0.2, 0) is 16.6 Å². The highest BCUT2D eigenvalue weighted by molar-refractivity contribution is 7.89. The van der Waals surface area contributed by atoms with Crippen molar-refractivity contribution in [2.24, 2.45) is 0 Å². The van der Waals surface area contributed by atoms with Gasteiger partial charge < -0.3 is 5.32 Å². The Morgan fingerprint density at radius 2 is 1.64 bits per heavy atom. The summed E-state index contributed by atoms with van der Waals surface area (Å²) in [5.74, 6) is -0.105. The van der Waals surface area contributed by atoms with Crippen LogP contribution in [-0.4, -0.2) is 31.2 Å². The van der Waals surface area contributed by atoms with Crippen LogP contribution in [0.5, 0.6) is 0 Å². The molecule has 0 aromatic heterocycles. The first-order valence-electron chi connectivity index (χ1n) is 9.74. The number of nitrogens with zero attached hydrogens (tertiary/aromatic N) is 1. The number of hydrogen-bond acceptors (Lipinski definition) is 3. The largest absolute Gasteiger partial charge is 0.350 e. The van der Waals surface area contributed by atoms with Gasteiger partial charge in [-0.2, -0.15) is 4.31 Å². The normalized spacial score (nSPS) is 12.8. The van der Waals surface area contributed by atoms with Crippen LogP contribution in [0.1, 0.15) is 55.1 Å². The molecule has 2 aromatic carbocycles. The van der Waals surface area contributed by atoms with E-state index in [1.165, 1.54) is 4.31 Å². The average Bonchev–Trinajstić information content (AvgIpc) is 2.66. The summed E-state index contributed by atoms with van der Waals surface area (Å²) in [6, 6.07) is 14.1. The Kier molecular flexibility index (Phi) is 7.78. The summed E-state index contributed by atoms with van der Waals surface area (Å²) in [7, 11) is -3.56. The molecule has 1 unspecified atom stereocenters. The topological polar surface area (TPSA) is 66.5 Å². The van der Waals surface area contributed by atoms with Crippen molar-refractivity contribution in [2.75, 3.05) is 6.54 Å². The van der Waals surface area contributed by atoms with Crippen molar-refractivity contribution in [1.82, 2.24) is 9.62 Å². The first-order valence-corrected chi connectivity index (χ1v) is 11.2. The molecule has 0 bridgehead atoms. The maximum atomic E-state index is 12.9. The number of carbonyl (C=O) groups is 1. The minimum absolute atomic E-state index is 0.105. The molecule has 1 amide bonds. The van der Waals surface area contributed by atoms with Gasteiger partial charge in [-0.3, -0.25) is 4.79 Å².